The molecule has 1 amide bonds. The average Bonchev–Trinajstić information content (AvgIpc) is 2.62. The first-order valence-electron chi connectivity index (χ1n) is 5.57. The largest absolute Gasteiger partial charge is 0.391 e. The molecule has 84 valence electrons. The average molecular weight is 218 g/mol. The molecule has 4 heteroatoms. The van der Waals surface area contributed by atoms with Crippen LogP contribution in [0.5, 0.6) is 0 Å². The Kier molecular flexibility index (Phi) is 2.11. The summed E-state index contributed by atoms with van der Waals surface area (Å²) in [5, 5.41) is 12.9. The third-order valence-electron chi connectivity index (χ3n) is 3.34. The number of nitrogens with one attached hydrogen (secondary N) is 1. The fourth-order valence-corrected chi connectivity index (χ4v) is 2.54. The highest BCUT2D eigenvalue weighted by Gasteiger charge is 2.37. The molecule has 0 aliphatic carbocycles. The fourth-order valence-electron chi connectivity index (χ4n) is 2.54. The van der Waals surface area contributed by atoms with E-state index in [2.05, 4.69) is 5.32 Å². The van der Waals surface area contributed by atoms with Crippen molar-refractivity contribution in [2.45, 2.75) is 18.6 Å². The molecular weight excluding hydrogens is 204 g/mol. The number of hydrogen-bond donors (Lipinski definition) is 2. The molecule has 0 unspecified atom stereocenters. The van der Waals surface area contributed by atoms with Crippen molar-refractivity contribution in [1.82, 2.24) is 4.90 Å². The second-order valence-electron chi connectivity index (χ2n) is 4.43. The van der Waals surface area contributed by atoms with Crippen molar-refractivity contribution in [1.29, 1.82) is 0 Å². The van der Waals surface area contributed by atoms with Gasteiger partial charge in [0.15, 0.2) is 0 Å². The summed E-state index contributed by atoms with van der Waals surface area (Å²) >= 11 is 0. The number of carbonyl (C=O) groups is 1. The van der Waals surface area contributed by atoms with E-state index in [4.69, 9.17) is 0 Å². The molecule has 0 bridgehead atoms. The Morgan fingerprint density at radius 2 is 2.19 bits per heavy atom. The van der Waals surface area contributed by atoms with Crippen LogP contribution in [0.25, 0.3) is 0 Å². The molecule has 2 atom stereocenters. The number of anilines is 1. The maximum Gasteiger partial charge on any atom is 0.256 e. The Hall–Kier alpha value is -1.55. The van der Waals surface area contributed by atoms with E-state index < -0.39 is 0 Å². The molecule has 1 aromatic rings. The van der Waals surface area contributed by atoms with Gasteiger partial charge in [0.1, 0.15) is 0 Å². The first-order chi connectivity index (χ1) is 7.75. The van der Waals surface area contributed by atoms with Crippen LogP contribution in [0.2, 0.25) is 0 Å². The van der Waals surface area contributed by atoms with Gasteiger partial charge in [-0.3, -0.25) is 4.79 Å². The third kappa shape index (κ3) is 1.38. The molecule has 2 N–H and O–H groups in total. The summed E-state index contributed by atoms with van der Waals surface area (Å²) in [6, 6.07) is 7.66. The predicted molar refractivity (Wildman–Crippen MR) is 60.4 cm³/mol. The van der Waals surface area contributed by atoms with Gasteiger partial charge in [-0.1, -0.05) is 12.1 Å². The van der Waals surface area contributed by atoms with Crippen molar-refractivity contribution in [3.63, 3.8) is 0 Å². The Bertz CT molecular complexity index is 433. The number of hydrogen-bond acceptors (Lipinski definition) is 3. The lowest BCUT2D eigenvalue weighted by Crippen LogP contribution is -2.37. The van der Waals surface area contributed by atoms with Crippen LogP contribution in [0, 0.1) is 0 Å². The van der Waals surface area contributed by atoms with E-state index in [0.717, 1.165) is 12.2 Å². The second-order valence-corrected chi connectivity index (χ2v) is 4.43. The van der Waals surface area contributed by atoms with Crippen LogP contribution in [-0.2, 0) is 0 Å². The van der Waals surface area contributed by atoms with Crippen LogP contribution in [0.4, 0.5) is 5.69 Å². The van der Waals surface area contributed by atoms with Gasteiger partial charge >= 0.3 is 0 Å². The minimum absolute atomic E-state index is 0.0298. The van der Waals surface area contributed by atoms with E-state index in [9.17, 15) is 9.90 Å². The molecule has 1 fully saturated rings. The lowest BCUT2D eigenvalue weighted by molar-refractivity contribution is 0.0729. The lowest BCUT2D eigenvalue weighted by atomic mass is 10.1. The van der Waals surface area contributed by atoms with Crippen molar-refractivity contribution < 1.29 is 9.90 Å². The van der Waals surface area contributed by atoms with Crippen molar-refractivity contribution in [3.05, 3.63) is 29.8 Å². The Morgan fingerprint density at radius 1 is 1.38 bits per heavy atom. The summed E-state index contributed by atoms with van der Waals surface area (Å²) in [5.74, 6) is 0.0298. The maximum absolute atomic E-state index is 12.2. The zero-order valence-electron chi connectivity index (χ0n) is 8.89. The zero-order chi connectivity index (χ0) is 11.1. The highest BCUT2D eigenvalue weighted by atomic mass is 16.3. The van der Waals surface area contributed by atoms with Crippen LogP contribution >= 0.6 is 0 Å². The van der Waals surface area contributed by atoms with E-state index in [0.29, 0.717) is 18.5 Å². The lowest BCUT2D eigenvalue weighted by Gasteiger charge is -2.20. The Morgan fingerprint density at radius 3 is 3.06 bits per heavy atom. The molecule has 1 aromatic carbocycles. The monoisotopic (exact) mass is 218 g/mol. The van der Waals surface area contributed by atoms with Crippen LogP contribution in [0.1, 0.15) is 16.8 Å². The molecule has 2 heterocycles. The van der Waals surface area contributed by atoms with Crippen LogP contribution in [-0.4, -0.2) is 41.1 Å². The van der Waals surface area contributed by atoms with Crippen molar-refractivity contribution in [2.75, 3.05) is 18.4 Å². The number of nitrogens with zero attached hydrogens (tertiary/aromatic N) is 1. The summed E-state index contributed by atoms with van der Waals surface area (Å²) in [5.41, 5.74) is 1.61. The molecule has 1 saturated heterocycles. The van der Waals surface area contributed by atoms with Gasteiger partial charge in [0.25, 0.3) is 5.91 Å². The van der Waals surface area contributed by atoms with Gasteiger partial charge in [-0.15, -0.1) is 0 Å². The summed E-state index contributed by atoms with van der Waals surface area (Å²) < 4.78 is 0. The quantitative estimate of drug-likeness (QED) is 0.673. The molecule has 16 heavy (non-hydrogen) atoms. The van der Waals surface area contributed by atoms with E-state index in [1.807, 2.05) is 24.3 Å². The first kappa shape index (κ1) is 9.66. The van der Waals surface area contributed by atoms with Gasteiger partial charge in [-0.05, 0) is 18.6 Å². The van der Waals surface area contributed by atoms with Crippen molar-refractivity contribution >= 4 is 11.6 Å². The molecule has 2 aliphatic rings. The molecule has 0 spiro atoms. The topological polar surface area (TPSA) is 52.6 Å². The van der Waals surface area contributed by atoms with E-state index in [-0.39, 0.29) is 18.1 Å². The Labute approximate surface area is 93.9 Å². The standard InChI is InChI=1S/C12H14N2O2/c15-9-5-8-6-13-11-4-2-1-3-10(11)12(16)14(8)7-9/h1-4,8-9,13,15H,5-7H2/t8-,9+/m0/s1. The zero-order valence-corrected chi connectivity index (χ0v) is 8.89. The van der Waals surface area contributed by atoms with E-state index >= 15 is 0 Å². The van der Waals surface area contributed by atoms with Gasteiger partial charge in [0.2, 0.25) is 0 Å². The molecule has 3 rings (SSSR count). The van der Waals surface area contributed by atoms with Crippen molar-refractivity contribution in [2.24, 2.45) is 0 Å². The van der Waals surface area contributed by atoms with Crippen LogP contribution in [0.15, 0.2) is 24.3 Å². The first-order valence-corrected chi connectivity index (χ1v) is 5.57. The van der Waals surface area contributed by atoms with Gasteiger partial charge in [0.05, 0.1) is 17.7 Å². The number of rotatable bonds is 0. The second kappa shape index (κ2) is 3.49. The molecule has 0 saturated carbocycles. The smallest absolute Gasteiger partial charge is 0.256 e. The van der Waals surface area contributed by atoms with E-state index in [1.54, 1.807) is 4.90 Å². The van der Waals surface area contributed by atoms with E-state index in [1.165, 1.54) is 0 Å². The number of benzene rings is 1. The molecule has 0 aromatic heterocycles. The van der Waals surface area contributed by atoms with Gasteiger partial charge in [-0.25, -0.2) is 0 Å². The molecule has 4 nitrogen and oxygen atoms in total. The maximum atomic E-state index is 12.2. The number of aliphatic hydroxyl groups is 1. The van der Waals surface area contributed by atoms with Crippen molar-refractivity contribution in [3.8, 4) is 0 Å². The van der Waals surface area contributed by atoms with Gasteiger partial charge < -0.3 is 15.3 Å². The summed E-state index contributed by atoms with van der Waals surface area (Å²) in [7, 11) is 0. The third-order valence-corrected chi connectivity index (χ3v) is 3.34. The summed E-state index contributed by atoms with van der Waals surface area (Å²) in [6.45, 7) is 1.18. The number of para-hydroxylation sites is 1. The van der Waals surface area contributed by atoms with Gasteiger partial charge in [0, 0.05) is 18.8 Å². The Balaban J connectivity index is 2.00. The molecule has 2 aliphatic heterocycles. The molecule has 0 radical (unpaired) electrons. The number of carbonyl (C=O) groups excluding carboxylic acids is 1. The predicted octanol–water partition coefficient (Wildman–Crippen LogP) is 0.687. The minimum atomic E-state index is -0.374. The minimum Gasteiger partial charge on any atom is -0.391 e. The number of amides is 1. The summed E-state index contributed by atoms with van der Waals surface area (Å²) in [6.07, 6.45) is 0.299. The summed E-state index contributed by atoms with van der Waals surface area (Å²) in [4.78, 5) is 14.0. The van der Waals surface area contributed by atoms with Crippen LogP contribution in [0.3, 0.4) is 0 Å². The highest BCUT2D eigenvalue weighted by molar-refractivity contribution is 6.00. The van der Waals surface area contributed by atoms with Crippen LogP contribution < -0.4 is 5.32 Å². The molecular formula is C12H14N2O2. The normalized spacial score (nSPS) is 28.1. The van der Waals surface area contributed by atoms with Gasteiger partial charge in [-0.2, -0.15) is 0 Å². The number of aliphatic hydroxyl groups excluding tert-OH is 1. The fraction of sp³-hybridized carbons (Fsp3) is 0.417. The highest BCUT2D eigenvalue weighted by Crippen LogP contribution is 2.27. The SMILES string of the molecule is O=C1c2ccccc2NC[C@@H]2C[C@@H](O)CN12. The number of fused-ring (bicyclic) bond motifs is 2.